The van der Waals surface area contributed by atoms with Crippen molar-refractivity contribution in [3.63, 3.8) is 0 Å². The molecule has 0 saturated carbocycles. The fraction of sp³-hybridized carbons (Fsp3) is 0.818. The zero-order valence-corrected chi connectivity index (χ0v) is 10.3. The number of amides is 2. The van der Waals surface area contributed by atoms with Crippen molar-refractivity contribution in [3.8, 4) is 0 Å². The minimum absolute atomic E-state index is 0.266. The van der Waals surface area contributed by atoms with Crippen molar-refractivity contribution in [1.29, 1.82) is 0 Å². The number of hydrogen-bond donors (Lipinski definition) is 2. The van der Waals surface area contributed by atoms with E-state index in [1.165, 1.54) is 7.05 Å². The molecule has 5 nitrogen and oxygen atoms in total. The van der Waals surface area contributed by atoms with Gasteiger partial charge in [0.15, 0.2) is 0 Å². The lowest BCUT2D eigenvalue weighted by Crippen LogP contribution is -2.40. The Bertz CT molecular complexity index is 229. The Labute approximate surface area is 96.8 Å². The molecule has 2 N–H and O–H groups in total. The van der Waals surface area contributed by atoms with E-state index < -0.39 is 5.97 Å². The van der Waals surface area contributed by atoms with Gasteiger partial charge in [-0.1, -0.05) is 26.7 Å². The van der Waals surface area contributed by atoms with Crippen LogP contribution in [0.25, 0.3) is 0 Å². The van der Waals surface area contributed by atoms with Gasteiger partial charge in [-0.05, 0) is 12.3 Å². The van der Waals surface area contributed by atoms with Crippen LogP contribution in [0.15, 0.2) is 0 Å². The number of likely N-dealkylation sites (N-methyl/N-ethyl adjacent to an activating group) is 1. The molecule has 0 fully saturated rings. The number of unbranched alkanes of at least 4 members (excludes halogenated alkanes) is 1. The Hall–Kier alpha value is -1.26. The van der Waals surface area contributed by atoms with E-state index in [-0.39, 0.29) is 12.6 Å². The zero-order chi connectivity index (χ0) is 12.6. The number of urea groups is 1. The molecule has 0 saturated heterocycles. The highest BCUT2D eigenvalue weighted by Gasteiger charge is 2.10. The number of rotatable bonds is 7. The molecule has 0 aliphatic heterocycles. The summed E-state index contributed by atoms with van der Waals surface area (Å²) < 4.78 is 0. The van der Waals surface area contributed by atoms with Crippen LogP contribution in [0.1, 0.15) is 33.1 Å². The van der Waals surface area contributed by atoms with Crippen LogP contribution in [0.2, 0.25) is 0 Å². The first-order chi connectivity index (χ1) is 7.43. The summed E-state index contributed by atoms with van der Waals surface area (Å²) in [5, 5.41) is 11.2. The van der Waals surface area contributed by atoms with E-state index in [0.717, 1.165) is 24.2 Å². The summed E-state index contributed by atoms with van der Waals surface area (Å²) in [6, 6.07) is -0.327. The Morgan fingerprint density at radius 2 is 1.94 bits per heavy atom. The Morgan fingerprint density at radius 1 is 1.31 bits per heavy atom. The molecular formula is C11H22N2O3. The molecule has 0 rings (SSSR count). The predicted molar refractivity (Wildman–Crippen MR) is 62.4 cm³/mol. The van der Waals surface area contributed by atoms with Gasteiger partial charge >= 0.3 is 12.0 Å². The maximum absolute atomic E-state index is 11.3. The third kappa shape index (κ3) is 8.08. The summed E-state index contributed by atoms with van der Waals surface area (Å²) in [5.74, 6) is -0.317. The molecule has 2 amide bonds. The fourth-order valence-corrected chi connectivity index (χ4v) is 1.28. The topological polar surface area (TPSA) is 69.6 Å². The van der Waals surface area contributed by atoms with Crippen LogP contribution >= 0.6 is 0 Å². The maximum Gasteiger partial charge on any atom is 0.323 e. The number of carbonyl (C=O) groups excluding carboxylic acids is 1. The zero-order valence-electron chi connectivity index (χ0n) is 10.3. The molecular weight excluding hydrogens is 208 g/mol. The quantitative estimate of drug-likeness (QED) is 0.652. The molecule has 5 heteroatoms. The molecule has 0 unspecified atom stereocenters. The highest BCUT2D eigenvalue weighted by Crippen LogP contribution is 2.05. The molecule has 16 heavy (non-hydrogen) atoms. The SMILES string of the molecule is CC(C)CCCCNC(=O)N(C)CC(=O)O. The lowest BCUT2D eigenvalue weighted by atomic mass is 10.1. The molecule has 94 valence electrons. The molecule has 0 aromatic rings. The van der Waals surface area contributed by atoms with E-state index in [9.17, 15) is 9.59 Å². The van der Waals surface area contributed by atoms with Crippen LogP contribution < -0.4 is 5.32 Å². The highest BCUT2D eigenvalue weighted by molar-refractivity contribution is 5.79. The third-order valence-corrected chi connectivity index (χ3v) is 2.20. The predicted octanol–water partition coefficient (Wildman–Crippen LogP) is 1.54. The van der Waals surface area contributed by atoms with Gasteiger partial charge in [-0.15, -0.1) is 0 Å². The normalized spacial score (nSPS) is 10.2. The monoisotopic (exact) mass is 230 g/mol. The summed E-state index contributed by atoms with van der Waals surface area (Å²) in [4.78, 5) is 22.8. The van der Waals surface area contributed by atoms with E-state index in [4.69, 9.17) is 5.11 Å². The van der Waals surface area contributed by atoms with Crippen LogP contribution in [-0.4, -0.2) is 42.1 Å². The summed E-state index contributed by atoms with van der Waals surface area (Å²) in [6.45, 7) is 4.67. The number of carbonyl (C=O) groups is 2. The molecule has 0 spiro atoms. The van der Waals surface area contributed by atoms with Crippen LogP contribution in [-0.2, 0) is 4.79 Å². The summed E-state index contributed by atoms with van der Waals surface area (Å²) in [7, 11) is 1.47. The fourth-order valence-electron chi connectivity index (χ4n) is 1.28. The van der Waals surface area contributed by atoms with Crippen molar-refractivity contribution in [1.82, 2.24) is 10.2 Å². The Kier molecular flexibility index (Phi) is 7.33. The van der Waals surface area contributed by atoms with Crippen molar-refractivity contribution in [3.05, 3.63) is 0 Å². The van der Waals surface area contributed by atoms with Crippen molar-refractivity contribution in [2.24, 2.45) is 5.92 Å². The largest absolute Gasteiger partial charge is 0.480 e. The standard InChI is InChI=1S/C11H22N2O3/c1-9(2)6-4-5-7-12-11(16)13(3)8-10(14)15/h9H,4-8H2,1-3H3,(H,12,16)(H,14,15). The van der Waals surface area contributed by atoms with E-state index in [1.807, 2.05) is 0 Å². The van der Waals surface area contributed by atoms with Crippen LogP contribution in [0.4, 0.5) is 4.79 Å². The number of nitrogens with one attached hydrogen (secondary N) is 1. The van der Waals surface area contributed by atoms with Gasteiger partial charge in [-0.3, -0.25) is 4.79 Å². The van der Waals surface area contributed by atoms with Crippen molar-refractivity contribution in [2.75, 3.05) is 20.1 Å². The minimum Gasteiger partial charge on any atom is -0.480 e. The van der Waals surface area contributed by atoms with Crippen LogP contribution in [0, 0.1) is 5.92 Å². The van der Waals surface area contributed by atoms with Gasteiger partial charge in [0.1, 0.15) is 6.54 Å². The van der Waals surface area contributed by atoms with Crippen LogP contribution in [0.3, 0.4) is 0 Å². The second-order valence-electron chi connectivity index (χ2n) is 4.37. The van der Waals surface area contributed by atoms with Crippen molar-refractivity contribution >= 4 is 12.0 Å². The molecule has 0 atom stereocenters. The molecule has 0 bridgehead atoms. The summed E-state index contributed by atoms with van der Waals surface area (Å²) in [5.41, 5.74) is 0. The van der Waals surface area contributed by atoms with Crippen LogP contribution in [0.5, 0.6) is 0 Å². The van der Waals surface area contributed by atoms with Gasteiger partial charge in [0, 0.05) is 13.6 Å². The second-order valence-corrected chi connectivity index (χ2v) is 4.37. The second kappa shape index (κ2) is 7.96. The van der Waals surface area contributed by atoms with E-state index >= 15 is 0 Å². The number of hydrogen-bond acceptors (Lipinski definition) is 2. The first-order valence-electron chi connectivity index (χ1n) is 5.64. The van der Waals surface area contributed by atoms with Gasteiger partial charge in [0.2, 0.25) is 0 Å². The van der Waals surface area contributed by atoms with E-state index in [2.05, 4.69) is 19.2 Å². The van der Waals surface area contributed by atoms with Gasteiger partial charge in [0.25, 0.3) is 0 Å². The maximum atomic E-state index is 11.3. The number of carboxylic acid groups (broad SMARTS) is 1. The summed E-state index contributed by atoms with van der Waals surface area (Å²) >= 11 is 0. The molecule has 0 aromatic carbocycles. The number of nitrogens with zero attached hydrogens (tertiary/aromatic N) is 1. The van der Waals surface area contributed by atoms with Crippen molar-refractivity contribution < 1.29 is 14.7 Å². The van der Waals surface area contributed by atoms with Gasteiger partial charge in [-0.25, -0.2) is 4.79 Å². The average molecular weight is 230 g/mol. The molecule has 0 radical (unpaired) electrons. The smallest absolute Gasteiger partial charge is 0.323 e. The first-order valence-corrected chi connectivity index (χ1v) is 5.64. The van der Waals surface area contributed by atoms with E-state index in [0.29, 0.717) is 12.5 Å². The molecule has 0 aliphatic rings. The summed E-state index contributed by atoms with van der Waals surface area (Å²) in [6.07, 6.45) is 3.17. The molecule has 0 heterocycles. The lowest BCUT2D eigenvalue weighted by Gasteiger charge is -2.15. The van der Waals surface area contributed by atoms with Gasteiger partial charge in [-0.2, -0.15) is 0 Å². The van der Waals surface area contributed by atoms with Gasteiger partial charge in [0.05, 0.1) is 0 Å². The Balaban J connectivity index is 3.53. The Morgan fingerprint density at radius 3 is 2.44 bits per heavy atom. The number of aliphatic carboxylic acids is 1. The number of carboxylic acids is 1. The van der Waals surface area contributed by atoms with Crippen molar-refractivity contribution in [2.45, 2.75) is 33.1 Å². The minimum atomic E-state index is -1.00. The third-order valence-electron chi connectivity index (χ3n) is 2.20. The van der Waals surface area contributed by atoms with Gasteiger partial charge < -0.3 is 15.3 Å². The molecule has 0 aliphatic carbocycles. The average Bonchev–Trinajstić information content (AvgIpc) is 2.15. The molecule has 0 aromatic heterocycles. The highest BCUT2D eigenvalue weighted by atomic mass is 16.4. The first kappa shape index (κ1) is 14.7. The lowest BCUT2D eigenvalue weighted by molar-refractivity contribution is -0.137. The van der Waals surface area contributed by atoms with E-state index in [1.54, 1.807) is 0 Å².